The molecule has 0 fully saturated rings. The van der Waals surface area contributed by atoms with E-state index in [1.54, 1.807) is 11.3 Å². The minimum absolute atomic E-state index is 0.757. The van der Waals surface area contributed by atoms with E-state index in [1.807, 2.05) is 37.3 Å². The zero-order chi connectivity index (χ0) is 19.2. The van der Waals surface area contributed by atoms with E-state index in [4.69, 9.17) is 0 Å². The van der Waals surface area contributed by atoms with E-state index < -0.39 is 0 Å². The second kappa shape index (κ2) is 8.63. The van der Waals surface area contributed by atoms with Gasteiger partial charge in [0.2, 0.25) is 4.80 Å². The Morgan fingerprint density at radius 1 is 0.821 bits per heavy atom. The number of thiazole rings is 1. The van der Waals surface area contributed by atoms with Crippen molar-refractivity contribution in [2.75, 3.05) is 0 Å². The van der Waals surface area contributed by atoms with Gasteiger partial charge in [-0.1, -0.05) is 91.0 Å². The molecule has 0 bridgehead atoms. The van der Waals surface area contributed by atoms with Crippen molar-refractivity contribution in [3.8, 4) is 11.3 Å². The Bertz CT molecular complexity index is 1120. The number of hydrogen-bond acceptors (Lipinski definition) is 3. The minimum atomic E-state index is 0.757. The summed E-state index contributed by atoms with van der Waals surface area (Å²) >= 11 is 1.62. The predicted octanol–water partition coefficient (Wildman–Crippen LogP) is 5.59. The lowest BCUT2D eigenvalue weighted by Crippen LogP contribution is -2.16. The lowest BCUT2D eigenvalue weighted by atomic mass is 10.1. The molecule has 0 aliphatic rings. The molecule has 0 spiro atoms. The van der Waals surface area contributed by atoms with Crippen LogP contribution in [0.4, 0.5) is 0 Å². The molecule has 0 N–H and O–H groups in total. The first-order valence-corrected chi connectivity index (χ1v) is 10.1. The van der Waals surface area contributed by atoms with Crippen molar-refractivity contribution in [3.05, 3.63) is 112 Å². The molecular formula is C24H21N3S. The fourth-order valence-electron chi connectivity index (χ4n) is 3.02. The zero-order valence-electron chi connectivity index (χ0n) is 15.7. The first-order chi connectivity index (χ1) is 13.8. The van der Waals surface area contributed by atoms with Gasteiger partial charge in [-0.15, -0.1) is 16.4 Å². The van der Waals surface area contributed by atoms with Crippen molar-refractivity contribution < 1.29 is 0 Å². The summed E-state index contributed by atoms with van der Waals surface area (Å²) < 4.78 is 2.23. The average Bonchev–Trinajstić information content (AvgIpc) is 3.16. The third-order valence-electron chi connectivity index (χ3n) is 4.53. The van der Waals surface area contributed by atoms with Crippen molar-refractivity contribution in [1.82, 2.24) is 4.57 Å². The lowest BCUT2D eigenvalue weighted by Gasteiger charge is -2.09. The van der Waals surface area contributed by atoms with Gasteiger partial charge in [-0.05, 0) is 23.6 Å². The highest BCUT2D eigenvalue weighted by atomic mass is 32.1. The van der Waals surface area contributed by atoms with Gasteiger partial charge in [0.05, 0.1) is 18.0 Å². The van der Waals surface area contributed by atoms with Crippen molar-refractivity contribution in [1.29, 1.82) is 0 Å². The smallest absolute Gasteiger partial charge is 0.211 e. The summed E-state index contributed by atoms with van der Waals surface area (Å²) in [6.45, 7) is 2.75. The van der Waals surface area contributed by atoms with Crippen molar-refractivity contribution in [2.24, 2.45) is 10.2 Å². The molecule has 0 radical (unpaired) electrons. The van der Waals surface area contributed by atoms with Gasteiger partial charge in [0.15, 0.2) is 0 Å². The molecule has 0 saturated carbocycles. The Kier molecular flexibility index (Phi) is 5.59. The maximum absolute atomic E-state index is 4.59. The highest BCUT2D eigenvalue weighted by Crippen LogP contribution is 2.20. The Hall–Kier alpha value is -3.24. The fourth-order valence-corrected chi connectivity index (χ4v) is 3.88. The maximum Gasteiger partial charge on any atom is 0.211 e. The van der Waals surface area contributed by atoms with Crippen LogP contribution in [0.3, 0.4) is 0 Å². The monoisotopic (exact) mass is 383 g/mol. The van der Waals surface area contributed by atoms with Crippen LogP contribution >= 0.6 is 11.3 Å². The van der Waals surface area contributed by atoms with Crippen LogP contribution in [0.2, 0.25) is 0 Å². The maximum atomic E-state index is 4.59. The highest BCUT2D eigenvalue weighted by molar-refractivity contribution is 7.07. The molecule has 1 heterocycles. The molecule has 3 aromatic carbocycles. The van der Waals surface area contributed by atoms with Gasteiger partial charge in [-0.3, -0.25) is 0 Å². The van der Waals surface area contributed by atoms with Crippen LogP contribution in [0, 0.1) is 0 Å². The SMILES string of the molecule is CC(=NN=c1scc(-c2ccccc2)n1Cc1ccccc1)c1ccccc1. The molecule has 4 heteroatoms. The van der Waals surface area contributed by atoms with E-state index >= 15 is 0 Å². The zero-order valence-corrected chi connectivity index (χ0v) is 16.5. The summed E-state index contributed by atoms with van der Waals surface area (Å²) in [7, 11) is 0. The van der Waals surface area contributed by atoms with Gasteiger partial charge in [-0.25, -0.2) is 0 Å². The lowest BCUT2D eigenvalue weighted by molar-refractivity contribution is 0.768. The first-order valence-electron chi connectivity index (χ1n) is 9.22. The quantitative estimate of drug-likeness (QED) is 0.318. The van der Waals surface area contributed by atoms with Crippen LogP contribution in [0.25, 0.3) is 11.3 Å². The number of nitrogens with zero attached hydrogens (tertiary/aromatic N) is 3. The predicted molar refractivity (Wildman–Crippen MR) is 118 cm³/mol. The van der Waals surface area contributed by atoms with Crippen LogP contribution in [-0.2, 0) is 6.54 Å². The molecule has 0 atom stereocenters. The topological polar surface area (TPSA) is 29.6 Å². The highest BCUT2D eigenvalue weighted by Gasteiger charge is 2.08. The van der Waals surface area contributed by atoms with E-state index in [9.17, 15) is 0 Å². The Balaban J connectivity index is 1.78. The average molecular weight is 384 g/mol. The molecule has 0 saturated heterocycles. The van der Waals surface area contributed by atoms with Gasteiger partial charge in [0.25, 0.3) is 0 Å². The molecule has 28 heavy (non-hydrogen) atoms. The fraction of sp³-hybridized carbons (Fsp3) is 0.0833. The van der Waals surface area contributed by atoms with Gasteiger partial charge >= 0.3 is 0 Å². The summed E-state index contributed by atoms with van der Waals surface area (Å²) in [5, 5.41) is 11.3. The van der Waals surface area contributed by atoms with Crippen molar-refractivity contribution >= 4 is 17.0 Å². The van der Waals surface area contributed by atoms with Crippen LogP contribution < -0.4 is 4.80 Å². The minimum Gasteiger partial charge on any atom is -0.311 e. The van der Waals surface area contributed by atoms with Crippen LogP contribution in [0.15, 0.2) is 107 Å². The van der Waals surface area contributed by atoms with Gasteiger partial charge in [0, 0.05) is 5.38 Å². The van der Waals surface area contributed by atoms with Gasteiger partial charge in [-0.2, -0.15) is 5.10 Å². The molecule has 4 rings (SSSR count). The second-order valence-corrected chi connectivity index (χ2v) is 7.33. The molecule has 0 unspecified atom stereocenters. The van der Waals surface area contributed by atoms with Crippen molar-refractivity contribution in [3.63, 3.8) is 0 Å². The molecule has 3 nitrogen and oxygen atoms in total. The summed E-state index contributed by atoms with van der Waals surface area (Å²) in [6.07, 6.45) is 0. The van der Waals surface area contributed by atoms with E-state index in [0.717, 1.165) is 28.3 Å². The molecule has 0 aliphatic carbocycles. The third kappa shape index (κ3) is 4.18. The largest absolute Gasteiger partial charge is 0.311 e. The van der Waals surface area contributed by atoms with E-state index in [-0.39, 0.29) is 0 Å². The number of benzene rings is 3. The number of hydrogen-bond donors (Lipinski definition) is 0. The van der Waals surface area contributed by atoms with Crippen LogP contribution in [-0.4, -0.2) is 10.3 Å². The number of aromatic nitrogens is 1. The molecule has 138 valence electrons. The van der Waals surface area contributed by atoms with Gasteiger partial charge in [0.1, 0.15) is 0 Å². The first kappa shape index (κ1) is 18.1. The Labute approximate surface area is 169 Å². The van der Waals surface area contributed by atoms with Crippen LogP contribution in [0.1, 0.15) is 18.1 Å². The second-order valence-electron chi connectivity index (χ2n) is 6.49. The molecular weight excluding hydrogens is 362 g/mol. The normalized spacial score (nSPS) is 12.3. The summed E-state index contributed by atoms with van der Waals surface area (Å²) in [4.78, 5) is 0.887. The van der Waals surface area contributed by atoms with E-state index in [2.05, 4.69) is 80.8 Å². The third-order valence-corrected chi connectivity index (χ3v) is 5.38. The molecule has 0 aliphatic heterocycles. The van der Waals surface area contributed by atoms with Crippen molar-refractivity contribution in [2.45, 2.75) is 13.5 Å². The molecule has 0 amide bonds. The summed E-state index contributed by atoms with van der Waals surface area (Å²) in [6, 6.07) is 31.0. The van der Waals surface area contributed by atoms with Gasteiger partial charge < -0.3 is 4.57 Å². The summed E-state index contributed by atoms with van der Waals surface area (Å²) in [5.41, 5.74) is 5.56. The van der Waals surface area contributed by atoms with E-state index in [1.165, 1.54) is 11.1 Å². The standard InChI is InChI=1S/C24H21N3S/c1-19(21-13-7-3-8-14-21)25-26-24-27(17-20-11-5-2-6-12-20)23(18-28-24)22-15-9-4-10-16-22/h2-16,18H,17H2,1H3. The van der Waals surface area contributed by atoms with E-state index in [0.29, 0.717) is 0 Å². The summed E-state index contributed by atoms with van der Waals surface area (Å²) in [5.74, 6) is 0. The number of rotatable bonds is 5. The Morgan fingerprint density at radius 2 is 1.43 bits per heavy atom. The molecule has 4 aromatic rings. The Morgan fingerprint density at radius 3 is 2.11 bits per heavy atom. The molecule has 1 aromatic heterocycles. The van der Waals surface area contributed by atoms with Crippen LogP contribution in [0.5, 0.6) is 0 Å².